The molecule has 0 spiro atoms. The summed E-state index contributed by atoms with van der Waals surface area (Å²) < 4.78 is 0. The maximum atomic E-state index is 3.80. The van der Waals surface area contributed by atoms with Gasteiger partial charge in [0.25, 0.3) is 0 Å². The highest BCUT2D eigenvalue weighted by atomic mass is 15.2. The molecule has 0 aromatic carbocycles. The maximum Gasteiger partial charge on any atom is 0.0249 e. The van der Waals surface area contributed by atoms with Crippen molar-refractivity contribution < 1.29 is 0 Å². The predicted octanol–water partition coefficient (Wildman–Crippen LogP) is 3.03. The first-order valence-electron chi connectivity index (χ1n) is 8.34. The monoisotopic (exact) mass is 250 g/mol. The summed E-state index contributed by atoms with van der Waals surface area (Å²) >= 11 is 0. The molecule has 18 heavy (non-hydrogen) atoms. The van der Waals surface area contributed by atoms with Crippen molar-refractivity contribution in [1.82, 2.24) is 10.2 Å². The minimum atomic E-state index is 0.770. The van der Waals surface area contributed by atoms with Gasteiger partial charge in [-0.1, -0.05) is 26.2 Å². The van der Waals surface area contributed by atoms with Crippen molar-refractivity contribution in [2.24, 2.45) is 11.8 Å². The van der Waals surface area contributed by atoms with E-state index in [1.807, 2.05) is 0 Å². The van der Waals surface area contributed by atoms with Gasteiger partial charge >= 0.3 is 0 Å². The van der Waals surface area contributed by atoms with Gasteiger partial charge in [-0.2, -0.15) is 0 Å². The lowest BCUT2D eigenvalue weighted by molar-refractivity contribution is 0.0940. The van der Waals surface area contributed by atoms with Crippen LogP contribution in [0.2, 0.25) is 0 Å². The Balaban J connectivity index is 1.57. The maximum absolute atomic E-state index is 3.80. The molecule has 1 saturated heterocycles. The summed E-state index contributed by atoms with van der Waals surface area (Å²) in [7, 11) is 0. The van der Waals surface area contributed by atoms with Gasteiger partial charge in [-0.05, 0) is 43.9 Å². The molecule has 2 nitrogen and oxygen atoms in total. The van der Waals surface area contributed by atoms with E-state index in [4.69, 9.17) is 0 Å². The van der Waals surface area contributed by atoms with Gasteiger partial charge in [0.1, 0.15) is 0 Å². The summed E-state index contributed by atoms with van der Waals surface area (Å²) in [5.41, 5.74) is 0. The zero-order valence-electron chi connectivity index (χ0n) is 12.0. The van der Waals surface area contributed by atoms with E-state index >= 15 is 0 Å². The molecule has 0 amide bonds. The van der Waals surface area contributed by atoms with Crippen LogP contribution in [-0.4, -0.2) is 36.6 Å². The van der Waals surface area contributed by atoms with Crippen molar-refractivity contribution >= 4 is 0 Å². The molecule has 104 valence electrons. The van der Waals surface area contributed by atoms with Crippen LogP contribution in [0, 0.1) is 11.8 Å². The fraction of sp³-hybridized carbons (Fsp3) is 1.00. The van der Waals surface area contributed by atoms with Crippen molar-refractivity contribution in [3.05, 3.63) is 0 Å². The van der Waals surface area contributed by atoms with Gasteiger partial charge < -0.3 is 5.32 Å². The first-order valence-corrected chi connectivity index (χ1v) is 8.34. The molecule has 0 aromatic rings. The lowest BCUT2D eigenvalue weighted by Crippen LogP contribution is -2.58. The van der Waals surface area contributed by atoms with Crippen LogP contribution in [0.15, 0.2) is 0 Å². The Kier molecular flexibility index (Phi) is 4.25. The Morgan fingerprint density at radius 2 is 1.89 bits per heavy atom. The third kappa shape index (κ3) is 3.08. The summed E-state index contributed by atoms with van der Waals surface area (Å²) in [6, 6.07) is 1.64. The second-order valence-corrected chi connectivity index (χ2v) is 6.90. The first-order chi connectivity index (χ1) is 8.86. The van der Waals surface area contributed by atoms with E-state index < -0.39 is 0 Å². The van der Waals surface area contributed by atoms with E-state index in [1.165, 1.54) is 71.0 Å². The van der Waals surface area contributed by atoms with Gasteiger partial charge in [0.2, 0.25) is 0 Å². The van der Waals surface area contributed by atoms with E-state index in [9.17, 15) is 0 Å². The van der Waals surface area contributed by atoms with Gasteiger partial charge in [0.15, 0.2) is 0 Å². The smallest absolute Gasteiger partial charge is 0.0249 e. The standard InChI is InChI=1S/C16H30N2/c1-2-5-15-12-18(11-13-6-3-4-7-13)16(10-17-15)14-8-9-14/h13-17H,2-12H2,1H3. The number of hydrogen-bond donors (Lipinski definition) is 1. The molecule has 0 radical (unpaired) electrons. The fourth-order valence-corrected chi connectivity index (χ4v) is 4.12. The van der Waals surface area contributed by atoms with Crippen molar-refractivity contribution in [2.75, 3.05) is 19.6 Å². The molecule has 2 unspecified atom stereocenters. The van der Waals surface area contributed by atoms with Gasteiger partial charge in [-0.25, -0.2) is 0 Å². The van der Waals surface area contributed by atoms with Crippen LogP contribution < -0.4 is 5.32 Å². The van der Waals surface area contributed by atoms with Crippen molar-refractivity contribution in [2.45, 2.75) is 70.4 Å². The van der Waals surface area contributed by atoms with E-state index in [-0.39, 0.29) is 0 Å². The average molecular weight is 250 g/mol. The lowest BCUT2D eigenvalue weighted by atomic mass is 9.99. The minimum Gasteiger partial charge on any atom is -0.311 e. The largest absolute Gasteiger partial charge is 0.311 e. The predicted molar refractivity (Wildman–Crippen MR) is 76.7 cm³/mol. The lowest BCUT2D eigenvalue weighted by Gasteiger charge is -2.42. The Morgan fingerprint density at radius 3 is 2.56 bits per heavy atom. The Labute approximate surface area is 113 Å². The topological polar surface area (TPSA) is 15.3 Å². The number of nitrogens with zero attached hydrogens (tertiary/aromatic N) is 1. The number of nitrogens with one attached hydrogen (secondary N) is 1. The molecular formula is C16H30N2. The van der Waals surface area contributed by atoms with Crippen molar-refractivity contribution in [3.63, 3.8) is 0 Å². The molecule has 1 N–H and O–H groups in total. The van der Waals surface area contributed by atoms with Crippen molar-refractivity contribution in [3.8, 4) is 0 Å². The molecular weight excluding hydrogens is 220 g/mol. The fourth-order valence-electron chi connectivity index (χ4n) is 4.12. The highest BCUT2D eigenvalue weighted by Gasteiger charge is 2.39. The van der Waals surface area contributed by atoms with Gasteiger partial charge in [0.05, 0.1) is 0 Å². The van der Waals surface area contributed by atoms with Gasteiger partial charge in [0, 0.05) is 31.7 Å². The molecule has 2 aliphatic carbocycles. The second kappa shape index (κ2) is 5.92. The SMILES string of the molecule is CCCC1CN(CC2CCCC2)C(C2CC2)CN1. The molecule has 3 aliphatic rings. The van der Waals surface area contributed by atoms with Crippen LogP contribution >= 0.6 is 0 Å². The Hall–Kier alpha value is -0.0800. The summed E-state index contributed by atoms with van der Waals surface area (Å²) in [4.78, 5) is 2.88. The van der Waals surface area contributed by atoms with Crippen molar-refractivity contribution in [1.29, 1.82) is 0 Å². The van der Waals surface area contributed by atoms with E-state index in [2.05, 4.69) is 17.1 Å². The quantitative estimate of drug-likeness (QED) is 0.807. The van der Waals surface area contributed by atoms with Crippen LogP contribution in [0.25, 0.3) is 0 Å². The second-order valence-electron chi connectivity index (χ2n) is 6.90. The average Bonchev–Trinajstić information content (AvgIpc) is 3.08. The molecule has 3 rings (SSSR count). The van der Waals surface area contributed by atoms with Crippen LogP contribution in [0.3, 0.4) is 0 Å². The van der Waals surface area contributed by atoms with Crippen LogP contribution in [0.5, 0.6) is 0 Å². The highest BCUT2D eigenvalue weighted by Crippen LogP contribution is 2.37. The highest BCUT2D eigenvalue weighted by molar-refractivity contribution is 4.95. The van der Waals surface area contributed by atoms with Crippen LogP contribution in [0.1, 0.15) is 58.3 Å². The Morgan fingerprint density at radius 1 is 1.11 bits per heavy atom. The minimum absolute atomic E-state index is 0.770. The van der Waals surface area contributed by atoms with E-state index in [0.717, 1.165) is 23.9 Å². The third-order valence-electron chi connectivity index (χ3n) is 5.31. The molecule has 2 saturated carbocycles. The number of rotatable bonds is 5. The first kappa shape index (κ1) is 12.9. The molecule has 0 bridgehead atoms. The van der Waals surface area contributed by atoms with E-state index in [0.29, 0.717) is 0 Å². The molecule has 2 atom stereocenters. The van der Waals surface area contributed by atoms with Crippen LogP contribution in [-0.2, 0) is 0 Å². The molecule has 2 heteroatoms. The normalized spacial score (nSPS) is 35.2. The number of piperazine rings is 1. The van der Waals surface area contributed by atoms with Gasteiger partial charge in [-0.15, -0.1) is 0 Å². The third-order valence-corrected chi connectivity index (χ3v) is 5.31. The Bertz CT molecular complexity index is 256. The zero-order valence-corrected chi connectivity index (χ0v) is 12.0. The summed E-state index contributed by atoms with van der Waals surface area (Å²) in [6.45, 7) is 6.31. The zero-order chi connectivity index (χ0) is 12.4. The summed E-state index contributed by atoms with van der Waals surface area (Å²) in [5, 5.41) is 3.80. The van der Waals surface area contributed by atoms with Gasteiger partial charge in [-0.3, -0.25) is 4.90 Å². The van der Waals surface area contributed by atoms with E-state index in [1.54, 1.807) is 0 Å². The summed E-state index contributed by atoms with van der Waals surface area (Å²) in [6.07, 6.45) is 11.6. The molecule has 0 aromatic heterocycles. The molecule has 3 fully saturated rings. The molecule has 1 aliphatic heterocycles. The number of hydrogen-bond acceptors (Lipinski definition) is 2. The van der Waals surface area contributed by atoms with Crippen LogP contribution in [0.4, 0.5) is 0 Å². The summed E-state index contributed by atoms with van der Waals surface area (Å²) in [5.74, 6) is 2.05. The molecule has 1 heterocycles.